The molecule has 0 saturated carbocycles. The number of anilines is 1. The molecule has 0 aliphatic rings. The van der Waals surface area contributed by atoms with Crippen LogP contribution in [0.4, 0.5) is 5.69 Å². The fourth-order valence-corrected chi connectivity index (χ4v) is 2.71. The summed E-state index contributed by atoms with van der Waals surface area (Å²) >= 11 is 12.1. The van der Waals surface area contributed by atoms with Crippen molar-refractivity contribution < 1.29 is 4.79 Å². The third kappa shape index (κ3) is 5.69. The van der Waals surface area contributed by atoms with Crippen LogP contribution in [0.2, 0.25) is 10.0 Å². The average molecular weight is 366 g/mol. The van der Waals surface area contributed by atoms with Crippen LogP contribution in [0.3, 0.4) is 0 Å². The van der Waals surface area contributed by atoms with E-state index in [4.69, 9.17) is 23.2 Å². The molecule has 0 aliphatic carbocycles. The zero-order chi connectivity index (χ0) is 17.4. The van der Waals surface area contributed by atoms with Crippen molar-refractivity contribution >= 4 is 34.8 Å². The van der Waals surface area contributed by atoms with Gasteiger partial charge in [0.1, 0.15) is 0 Å². The van der Waals surface area contributed by atoms with Gasteiger partial charge >= 0.3 is 0 Å². The molecule has 1 heterocycles. The van der Waals surface area contributed by atoms with Gasteiger partial charge in [-0.2, -0.15) is 0 Å². The molecule has 0 spiro atoms. The molecule has 128 valence electrons. The van der Waals surface area contributed by atoms with Crippen LogP contribution in [-0.4, -0.2) is 24.0 Å². The summed E-state index contributed by atoms with van der Waals surface area (Å²) in [5, 5.41) is 7.43. The van der Waals surface area contributed by atoms with Crippen LogP contribution in [0.1, 0.15) is 35.7 Å². The van der Waals surface area contributed by atoms with Crippen LogP contribution in [0.15, 0.2) is 36.7 Å². The van der Waals surface area contributed by atoms with Gasteiger partial charge in [-0.15, -0.1) is 0 Å². The van der Waals surface area contributed by atoms with Crippen molar-refractivity contribution in [2.24, 2.45) is 0 Å². The minimum atomic E-state index is -0.0969. The molecule has 0 unspecified atom stereocenters. The number of hydrogen-bond donors (Lipinski definition) is 2. The van der Waals surface area contributed by atoms with Gasteiger partial charge in [0.05, 0.1) is 11.3 Å². The third-order valence-corrected chi connectivity index (χ3v) is 4.14. The molecule has 0 atom stereocenters. The topological polar surface area (TPSA) is 54.0 Å². The lowest BCUT2D eigenvalue weighted by Gasteiger charge is -2.09. The molecular weight excluding hydrogens is 345 g/mol. The van der Waals surface area contributed by atoms with E-state index in [0.717, 1.165) is 30.5 Å². The predicted molar refractivity (Wildman–Crippen MR) is 100 cm³/mol. The minimum absolute atomic E-state index is 0.0969. The maximum Gasteiger partial charge on any atom is 0.252 e. The molecule has 1 aromatic heterocycles. The highest BCUT2D eigenvalue weighted by atomic mass is 35.5. The fourth-order valence-electron chi connectivity index (χ4n) is 2.21. The Labute approximate surface area is 152 Å². The Kier molecular flexibility index (Phi) is 7.35. The Bertz CT molecular complexity index is 692. The monoisotopic (exact) mass is 365 g/mol. The molecule has 2 rings (SSSR count). The number of unbranched alkanes of at least 4 members (excludes halogenated alkanes) is 1. The summed E-state index contributed by atoms with van der Waals surface area (Å²) in [6, 6.07) is 7.28. The van der Waals surface area contributed by atoms with E-state index in [1.54, 1.807) is 24.5 Å². The van der Waals surface area contributed by atoms with Gasteiger partial charge in [0.2, 0.25) is 0 Å². The number of aromatic nitrogens is 1. The van der Waals surface area contributed by atoms with Crippen LogP contribution in [-0.2, 0) is 6.42 Å². The lowest BCUT2D eigenvalue weighted by atomic mass is 10.1. The van der Waals surface area contributed by atoms with Gasteiger partial charge < -0.3 is 10.6 Å². The molecule has 24 heavy (non-hydrogen) atoms. The Morgan fingerprint density at radius 3 is 2.75 bits per heavy atom. The summed E-state index contributed by atoms with van der Waals surface area (Å²) in [5.74, 6) is -0.0969. The zero-order valence-corrected chi connectivity index (χ0v) is 15.1. The molecule has 1 aromatic carbocycles. The van der Waals surface area contributed by atoms with Crippen molar-refractivity contribution in [3.05, 3.63) is 57.8 Å². The normalized spacial score (nSPS) is 10.5. The van der Waals surface area contributed by atoms with Crippen molar-refractivity contribution in [2.75, 3.05) is 18.4 Å². The van der Waals surface area contributed by atoms with Crippen LogP contribution in [0, 0.1) is 0 Å². The van der Waals surface area contributed by atoms with Gasteiger partial charge in [0.15, 0.2) is 0 Å². The highest BCUT2D eigenvalue weighted by Crippen LogP contribution is 2.21. The van der Waals surface area contributed by atoms with Crippen molar-refractivity contribution in [1.82, 2.24) is 10.3 Å². The number of nitrogens with zero attached hydrogens (tertiary/aromatic N) is 1. The molecule has 1 amide bonds. The number of pyridine rings is 1. The largest absolute Gasteiger partial charge is 0.383 e. The number of hydrogen-bond acceptors (Lipinski definition) is 3. The SMILES string of the molecule is CCCCNC(=O)c1cncc(NCCc2ccc(Cl)cc2Cl)c1. The summed E-state index contributed by atoms with van der Waals surface area (Å²) in [6.45, 7) is 3.46. The van der Waals surface area contributed by atoms with Gasteiger partial charge in [-0.1, -0.05) is 42.6 Å². The summed E-state index contributed by atoms with van der Waals surface area (Å²) < 4.78 is 0. The first kappa shape index (κ1) is 18.6. The lowest BCUT2D eigenvalue weighted by molar-refractivity contribution is 0.0953. The summed E-state index contributed by atoms with van der Waals surface area (Å²) in [5.41, 5.74) is 2.39. The van der Waals surface area contributed by atoms with Crippen molar-refractivity contribution in [1.29, 1.82) is 0 Å². The van der Waals surface area contributed by atoms with Crippen LogP contribution < -0.4 is 10.6 Å². The van der Waals surface area contributed by atoms with Crippen molar-refractivity contribution in [2.45, 2.75) is 26.2 Å². The Morgan fingerprint density at radius 1 is 1.17 bits per heavy atom. The number of carbonyl (C=O) groups excluding carboxylic acids is 1. The number of rotatable bonds is 8. The molecule has 0 fully saturated rings. The highest BCUT2D eigenvalue weighted by molar-refractivity contribution is 6.35. The van der Waals surface area contributed by atoms with E-state index in [9.17, 15) is 4.79 Å². The van der Waals surface area contributed by atoms with E-state index in [-0.39, 0.29) is 5.91 Å². The van der Waals surface area contributed by atoms with Gasteiger partial charge in [-0.25, -0.2) is 0 Å². The first-order valence-electron chi connectivity index (χ1n) is 8.01. The molecule has 4 nitrogen and oxygen atoms in total. The first-order chi connectivity index (χ1) is 11.6. The zero-order valence-electron chi connectivity index (χ0n) is 13.6. The number of amides is 1. The standard InChI is InChI=1S/C18H21Cl2N3O/c1-2-3-7-23-18(24)14-9-16(12-21-11-14)22-8-6-13-4-5-15(19)10-17(13)20/h4-5,9-12,22H,2-3,6-8H2,1H3,(H,23,24). The molecular formula is C18H21Cl2N3O. The maximum atomic E-state index is 12.0. The second-order valence-electron chi connectivity index (χ2n) is 5.48. The van der Waals surface area contributed by atoms with Crippen LogP contribution in [0.5, 0.6) is 0 Å². The van der Waals surface area contributed by atoms with E-state index in [1.165, 1.54) is 0 Å². The van der Waals surface area contributed by atoms with Gasteiger partial charge in [0.25, 0.3) is 5.91 Å². The van der Waals surface area contributed by atoms with Crippen molar-refractivity contribution in [3.63, 3.8) is 0 Å². The molecule has 2 aromatic rings. The smallest absolute Gasteiger partial charge is 0.252 e. The third-order valence-electron chi connectivity index (χ3n) is 3.55. The molecule has 0 aliphatic heterocycles. The Hall–Kier alpha value is -1.78. The number of nitrogens with one attached hydrogen (secondary N) is 2. The van der Waals surface area contributed by atoms with E-state index in [2.05, 4.69) is 22.5 Å². The number of benzene rings is 1. The summed E-state index contributed by atoms with van der Waals surface area (Å²) in [4.78, 5) is 16.2. The van der Waals surface area contributed by atoms with Crippen LogP contribution in [0.25, 0.3) is 0 Å². The van der Waals surface area contributed by atoms with E-state index >= 15 is 0 Å². The Balaban J connectivity index is 1.88. The minimum Gasteiger partial charge on any atom is -0.383 e. The second kappa shape index (κ2) is 9.50. The summed E-state index contributed by atoms with van der Waals surface area (Å²) in [7, 11) is 0. The molecule has 0 saturated heterocycles. The summed E-state index contributed by atoms with van der Waals surface area (Å²) in [6.07, 6.45) is 6.05. The first-order valence-corrected chi connectivity index (χ1v) is 8.76. The molecule has 6 heteroatoms. The molecule has 0 bridgehead atoms. The predicted octanol–water partition coefficient (Wildman–Crippen LogP) is 4.57. The molecule has 0 radical (unpaired) electrons. The van der Waals surface area contributed by atoms with Gasteiger partial charge in [-0.3, -0.25) is 9.78 Å². The quantitative estimate of drug-likeness (QED) is 0.673. The maximum absolute atomic E-state index is 12.0. The lowest BCUT2D eigenvalue weighted by Crippen LogP contribution is -2.24. The van der Waals surface area contributed by atoms with Gasteiger partial charge in [-0.05, 0) is 36.6 Å². The highest BCUT2D eigenvalue weighted by Gasteiger charge is 2.06. The fraction of sp³-hybridized carbons (Fsp3) is 0.333. The van der Waals surface area contributed by atoms with Crippen molar-refractivity contribution in [3.8, 4) is 0 Å². The van der Waals surface area contributed by atoms with E-state index in [1.807, 2.05) is 12.1 Å². The van der Waals surface area contributed by atoms with E-state index in [0.29, 0.717) is 28.7 Å². The average Bonchev–Trinajstić information content (AvgIpc) is 2.57. The Morgan fingerprint density at radius 2 is 2.00 bits per heavy atom. The second-order valence-corrected chi connectivity index (χ2v) is 6.33. The number of carbonyl (C=O) groups is 1. The number of halogens is 2. The van der Waals surface area contributed by atoms with Crippen LogP contribution >= 0.6 is 23.2 Å². The van der Waals surface area contributed by atoms with Gasteiger partial charge in [0, 0.05) is 35.5 Å². The molecule has 2 N–H and O–H groups in total. The van der Waals surface area contributed by atoms with E-state index < -0.39 is 0 Å².